The zero-order valence-electron chi connectivity index (χ0n) is 12.1. The number of amides is 1. The maximum Gasteiger partial charge on any atom is 0.269 e. The molecule has 7 nitrogen and oxygen atoms in total. The molecule has 2 aromatic rings. The molecule has 0 aliphatic rings. The molecule has 1 heterocycles. The fourth-order valence-electron chi connectivity index (χ4n) is 1.65. The summed E-state index contributed by atoms with van der Waals surface area (Å²) >= 11 is 4.97. The molecule has 116 valence electrons. The second kappa shape index (κ2) is 7.03. The summed E-state index contributed by atoms with van der Waals surface area (Å²) < 4.78 is 13.5. The third-order valence-electron chi connectivity index (χ3n) is 2.55. The van der Waals surface area contributed by atoms with Gasteiger partial charge in [-0.15, -0.1) is 5.10 Å². The Morgan fingerprint density at radius 1 is 1.41 bits per heavy atom. The van der Waals surface area contributed by atoms with Crippen LogP contribution in [-0.2, 0) is 6.54 Å². The van der Waals surface area contributed by atoms with Gasteiger partial charge in [0.25, 0.3) is 11.9 Å². The number of nitrogens with one attached hydrogen (secondary N) is 2. The van der Waals surface area contributed by atoms with E-state index in [1.165, 1.54) is 23.0 Å². The van der Waals surface area contributed by atoms with Gasteiger partial charge in [0.1, 0.15) is 5.82 Å². The number of tetrazole rings is 1. The Balaban J connectivity index is 1.94. The summed E-state index contributed by atoms with van der Waals surface area (Å²) in [6, 6.07) is 5.63. The number of aromatic nitrogens is 4. The van der Waals surface area contributed by atoms with Gasteiger partial charge in [-0.05, 0) is 35.5 Å². The number of carbonyl (C=O) groups is 1. The molecule has 0 bridgehead atoms. The number of halogens is 1. The normalized spacial score (nSPS) is 10.5. The van der Waals surface area contributed by atoms with Crippen molar-refractivity contribution in [2.45, 2.75) is 20.4 Å². The first kappa shape index (κ1) is 16.0. The Hall–Kier alpha value is -2.42. The molecule has 0 radical (unpaired) electrons. The third kappa shape index (κ3) is 4.29. The van der Waals surface area contributed by atoms with E-state index in [1.807, 2.05) is 13.8 Å². The molecule has 0 unspecified atom stereocenters. The molecule has 2 rings (SSSR count). The van der Waals surface area contributed by atoms with Crippen LogP contribution in [0.5, 0.6) is 0 Å². The molecule has 0 saturated heterocycles. The van der Waals surface area contributed by atoms with Gasteiger partial charge >= 0.3 is 0 Å². The topological polar surface area (TPSA) is 84.7 Å². The number of benzene rings is 1. The SMILES string of the molecule is CC(C)Cn1nnc(NC(=S)NC(=O)c2ccccc2F)n1. The van der Waals surface area contributed by atoms with Crippen molar-refractivity contribution in [2.75, 3.05) is 5.32 Å². The number of hydrogen-bond acceptors (Lipinski definition) is 5. The molecule has 22 heavy (non-hydrogen) atoms. The lowest BCUT2D eigenvalue weighted by Gasteiger charge is -2.07. The van der Waals surface area contributed by atoms with Gasteiger partial charge in [0, 0.05) is 0 Å². The van der Waals surface area contributed by atoms with Crippen LogP contribution in [0.2, 0.25) is 0 Å². The Labute approximate surface area is 131 Å². The first-order chi connectivity index (χ1) is 10.5. The van der Waals surface area contributed by atoms with Crippen LogP contribution in [0.1, 0.15) is 24.2 Å². The van der Waals surface area contributed by atoms with Crippen LogP contribution < -0.4 is 10.6 Å². The quantitative estimate of drug-likeness (QED) is 0.832. The second-order valence-electron chi connectivity index (χ2n) is 4.95. The van der Waals surface area contributed by atoms with Gasteiger partial charge in [-0.2, -0.15) is 4.80 Å². The maximum absolute atomic E-state index is 13.5. The molecule has 2 N–H and O–H groups in total. The lowest BCUT2D eigenvalue weighted by atomic mass is 10.2. The molecule has 0 aliphatic heterocycles. The van der Waals surface area contributed by atoms with Crippen molar-refractivity contribution in [2.24, 2.45) is 5.92 Å². The van der Waals surface area contributed by atoms with Crippen molar-refractivity contribution in [3.05, 3.63) is 35.6 Å². The van der Waals surface area contributed by atoms with Gasteiger partial charge in [0.05, 0.1) is 12.1 Å². The minimum atomic E-state index is -0.648. The van der Waals surface area contributed by atoms with E-state index in [0.29, 0.717) is 12.5 Å². The number of anilines is 1. The van der Waals surface area contributed by atoms with E-state index in [0.717, 1.165) is 0 Å². The number of nitrogens with zero attached hydrogens (tertiary/aromatic N) is 4. The number of carbonyl (C=O) groups excluding carboxylic acids is 1. The summed E-state index contributed by atoms with van der Waals surface area (Å²) in [5.74, 6) is -0.733. The highest BCUT2D eigenvalue weighted by Crippen LogP contribution is 2.06. The average Bonchev–Trinajstić information content (AvgIpc) is 2.85. The van der Waals surface area contributed by atoms with Crippen LogP contribution in [0, 0.1) is 11.7 Å². The van der Waals surface area contributed by atoms with E-state index >= 15 is 0 Å². The highest BCUT2D eigenvalue weighted by Gasteiger charge is 2.13. The zero-order chi connectivity index (χ0) is 16.1. The molecule has 9 heteroatoms. The predicted molar refractivity (Wildman–Crippen MR) is 82.7 cm³/mol. The van der Waals surface area contributed by atoms with E-state index < -0.39 is 11.7 Å². The maximum atomic E-state index is 13.5. The van der Waals surface area contributed by atoms with Crippen molar-refractivity contribution in [1.82, 2.24) is 25.5 Å². The summed E-state index contributed by atoms with van der Waals surface area (Å²) in [5, 5.41) is 16.6. The van der Waals surface area contributed by atoms with E-state index in [1.54, 1.807) is 6.07 Å². The highest BCUT2D eigenvalue weighted by molar-refractivity contribution is 7.80. The van der Waals surface area contributed by atoms with Crippen molar-refractivity contribution in [3.63, 3.8) is 0 Å². The second-order valence-corrected chi connectivity index (χ2v) is 5.36. The first-order valence-electron chi connectivity index (χ1n) is 6.60. The highest BCUT2D eigenvalue weighted by atomic mass is 32.1. The third-order valence-corrected chi connectivity index (χ3v) is 2.76. The summed E-state index contributed by atoms with van der Waals surface area (Å²) in [7, 11) is 0. The van der Waals surface area contributed by atoms with Crippen molar-refractivity contribution >= 4 is 29.2 Å². The molecule has 1 aromatic heterocycles. The molecule has 0 spiro atoms. The molecular formula is C13H15FN6OS. The number of thiocarbonyl (C=S) groups is 1. The summed E-state index contributed by atoms with van der Waals surface area (Å²) in [5.41, 5.74) is -0.0944. The molecule has 0 saturated carbocycles. The fraction of sp³-hybridized carbons (Fsp3) is 0.308. The van der Waals surface area contributed by atoms with Gasteiger partial charge in [0.15, 0.2) is 5.11 Å². The van der Waals surface area contributed by atoms with Gasteiger partial charge in [-0.1, -0.05) is 31.1 Å². The van der Waals surface area contributed by atoms with E-state index in [9.17, 15) is 9.18 Å². The number of hydrogen-bond donors (Lipinski definition) is 2. The molecule has 0 atom stereocenters. The minimum absolute atomic E-state index is 0.0302. The van der Waals surface area contributed by atoms with Crippen LogP contribution in [0.3, 0.4) is 0 Å². The van der Waals surface area contributed by atoms with Gasteiger partial charge in [0.2, 0.25) is 0 Å². The first-order valence-corrected chi connectivity index (χ1v) is 7.01. The molecule has 0 fully saturated rings. The van der Waals surface area contributed by atoms with Crippen molar-refractivity contribution < 1.29 is 9.18 Å². The van der Waals surface area contributed by atoms with Crippen LogP contribution >= 0.6 is 12.2 Å². The molecule has 1 amide bonds. The minimum Gasteiger partial charge on any atom is -0.299 e. The van der Waals surface area contributed by atoms with Gasteiger partial charge in [-0.3, -0.25) is 15.4 Å². The molecule has 0 aliphatic carbocycles. The predicted octanol–water partition coefficient (Wildman–Crippen LogP) is 1.59. The average molecular weight is 322 g/mol. The van der Waals surface area contributed by atoms with Crippen LogP contribution in [0.15, 0.2) is 24.3 Å². The monoisotopic (exact) mass is 322 g/mol. The van der Waals surface area contributed by atoms with Crippen LogP contribution in [-0.4, -0.2) is 31.2 Å². The van der Waals surface area contributed by atoms with Crippen molar-refractivity contribution in [1.29, 1.82) is 0 Å². The molecule has 1 aromatic carbocycles. The van der Waals surface area contributed by atoms with E-state index in [-0.39, 0.29) is 16.6 Å². The number of rotatable bonds is 4. The Morgan fingerprint density at radius 3 is 2.82 bits per heavy atom. The van der Waals surface area contributed by atoms with E-state index in [4.69, 9.17) is 12.2 Å². The van der Waals surface area contributed by atoms with Crippen LogP contribution in [0.25, 0.3) is 0 Å². The molecular weight excluding hydrogens is 307 g/mol. The smallest absolute Gasteiger partial charge is 0.269 e. The summed E-state index contributed by atoms with van der Waals surface area (Å²) in [6.07, 6.45) is 0. The van der Waals surface area contributed by atoms with Crippen molar-refractivity contribution in [3.8, 4) is 0 Å². The zero-order valence-corrected chi connectivity index (χ0v) is 12.9. The largest absolute Gasteiger partial charge is 0.299 e. The van der Waals surface area contributed by atoms with Gasteiger partial charge < -0.3 is 0 Å². The summed E-state index contributed by atoms with van der Waals surface area (Å²) in [6.45, 7) is 4.66. The standard InChI is InChI=1S/C13H15FN6OS/c1-8(2)7-20-18-12(17-19-20)16-13(22)15-11(21)9-5-3-4-6-10(9)14/h3-6,8H,7H2,1-2H3,(H2,15,16,18,21,22). The summed E-state index contributed by atoms with van der Waals surface area (Å²) in [4.78, 5) is 13.3. The van der Waals surface area contributed by atoms with E-state index in [2.05, 4.69) is 26.0 Å². The van der Waals surface area contributed by atoms with Gasteiger partial charge in [-0.25, -0.2) is 4.39 Å². The fourth-order valence-corrected chi connectivity index (χ4v) is 1.83. The lowest BCUT2D eigenvalue weighted by Crippen LogP contribution is -2.34. The Bertz CT molecular complexity index is 687. The van der Waals surface area contributed by atoms with Crippen LogP contribution in [0.4, 0.5) is 10.3 Å². The Morgan fingerprint density at radius 2 is 2.14 bits per heavy atom. The lowest BCUT2D eigenvalue weighted by molar-refractivity contribution is 0.0974. The Kier molecular flexibility index (Phi) is 5.10.